The van der Waals surface area contributed by atoms with Gasteiger partial charge in [-0.1, -0.05) is 6.42 Å². The third-order valence-corrected chi connectivity index (χ3v) is 4.60. The van der Waals surface area contributed by atoms with Crippen LogP contribution in [0.1, 0.15) is 31.2 Å². The van der Waals surface area contributed by atoms with Crippen molar-refractivity contribution in [1.29, 1.82) is 0 Å². The van der Waals surface area contributed by atoms with Crippen LogP contribution in [0.4, 0.5) is 5.69 Å². The maximum absolute atomic E-state index is 11.9. The minimum absolute atomic E-state index is 0.0542. The molecule has 3 atom stereocenters. The Hall–Kier alpha value is -2.17. The number of nitro benzene ring substituents is 1. The second-order valence-electron chi connectivity index (χ2n) is 5.97. The van der Waals surface area contributed by atoms with E-state index in [0.29, 0.717) is 12.0 Å². The van der Waals surface area contributed by atoms with E-state index >= 15 is 0 Å². The van der Waals surface area contributed by atoms with Crippen LogP contribution in [0, 0.1) is 22.0 Å². The van der Waals surface area contributed by atoms with Crippen LogP contribution in [0.25, 0.3) is 6.08 Å². The molecule has 1 N–H and O–H groups in total. The molecule has 0 radical (unpaired) electrons. The lowest BCUT2D eigenvalue weighted by Gasteiger charge is -2.22. The summed E-state index contributed by atoms with van der Waals surface area (Å²) in [4.78, 5) is 22.0. The summed E-state index contributed by atoms with van der Waals surface area (Å²) >= 11 is 0. The fourth-order valence-electron chi connectivity index (χ4n) is 3.53. The lowest BCUT2D eigenvalue weighted by Crippen LogP contribution is -2.37. The zero-order chi connectivity index (χ0) is 14.8. The Morgan fingerprint density at radius 1 is 1.24 bits per heavy atom. The van der Waals surface area contributed by atoms with Crippen molar-refractivity contribution in [3.8, 4) is 0 Å². The molecule has 5 heteroatoms. The molecule has 0 spiro atoms. The second-order valence-corrected chi connectivity index (χ2v) is 5.97. The highest BCUT2D eigenvalue weighted by molar-refractivity contribution is 5.92. The molecule has 3 rings (SSSR count). The van der Waals surface area contributed by atoms with E-state index in [-0.39, 0.29) is 11.6 Å². The Balaban J connectivity index is 1.55. The number of hydrogen-bond acceptors (Lipinski definition) is 3. The van der Waals surface area contributed by atoms with E-state index in [1.807, 2.05) is 0 Å². The molecule has 1 amide bonds. The predicted octanol–water partition coefficient (Wildman–Crippen LogP) is 2.91. The largest absolute Gasteiger partial charge is 0.350 e. The minimum atomic E-state index is -0.435. The van der Waals surface area contributed by atoms with Gasteiger partial charge in [-0.25, -0.2) is 0 Å². The number of carbonyl (C=O) groups is 1. The third kappa shape index (κ3) is 3.12. The number of nitrogens with one attached hydrogen (secondary N) is 1. The molecule has 2 aliphatic rings. The first-order valence-corrected chi connectivity index (χ1v) is 7.35. The number of hydrogen-bond donors (Lipinski definition) is 1. The van der Waals surface area contributed by atoms with Crippen molar-refractivity contribution in [1.82, 2.24) is 5.32 Å². The standard InChI is InChI=1S/C16H18N2O3/c19-16(17-15-10-12-1-5-13(15)9-12)8-4-11-2-6-14(7-3-11)18(20)21/h2-4,6-8,12-13,15H,1,5,9-10H2,(H,17,19)/b8-4+/t12-,13+,15+/m0/s1. The van der Waals surface area contributed by atoms with Crippen LogP contribution in [-0.2, 0) is 4.79 Å². The van der Waals surface area contributed by atoms with Gasteiger partial charge in [0.15, 0.2) is 0 Å². The number of fused-ring (bicyclic) bond motifs is 2. The molecule has 0 unspecified atom stereocenters. The molecule has 5 nitrogen and oxygen atoms in total. The molecule has 0 heterocycles. The smallest absolute Gasteiger partial charge is 0.269 e. The van der Waals surface area contributed by atoms with Crippen molar-refractivity contribution in [3.63, 3.8) is 0 Å². The van der Waals surface area contributed by atoms with Crippen LogP contribution in [0.5, 0.6) is 0 Å². The molecule has 1 aromatic rings. The highest BCUT2D eigenvalue weighted by atomic mass is 16.6. The average Bonchev–Trinajstić information content (AvgIpc) is 3.08. The van der Waals surface area contributed by atoms with Gasteiger partial charge in [-0.05, 0) is 54.9 Å². The molecule has 2 bridgehead atoms. The maximum Gasteiger partial charge on any atom is 0.269 e. The second kappa shape index (κ2) is 5.68. The number of nitro groups is 1. The van der Waals surface area contributed by atoms with Crippen molar-refractivity contribution < 1.29 is 9.72 Å². The Morgan fingerprint density at radius 3 is 2.57 bits per heavy atom. The van der Waals surface area contributed by atoms with E-state index in [1.54, 1.807) is 18.2 Å². The van der Waals surface area contributed by atoms with Crippen LogP contribution < -0.4 is 5.32 Å². The first-order valence-electron chi connectivity index (χ1n) is 7.35. The predicted molar refractivity (Wildman–Crippen MR) is 79.5 cm³/mol. The topological polar surface area (TPSA) is 72.2 Å². The number of amides is 1. The van der Waals surface area contributed by atoms with Crippen LogP contribution in [0.2, 0.25) is 0 Å². The zero-order valence-corrected chi connectivity index (χ0v) is 11.7. The van der Waals surface area contributed by atoms with Gasteiger partial charge in [0.1, 0.15) is 0 Å². The van der Waals surface area contributed by atoms with Crippen molar-refractivity contribution in [3.05, 3.63) is 46.0 Å². The molecule has 0 aromatic heterocycles. The average molecular weight is 286 g/mol. The maximum atomic E-state index is 11.9. The molecule has 2 fully saturated rings. The van der Waals surface area contributed by atoms with Crippen molar-refractivity contribution in [2.45, 2.75) is 31.7 Å². The van der Waals surface area contributed by atoms with Gasteiger partial charge in [0.2, 0.25) is 5.91 Å². The van der Waals surface area contributed by atoms with E-state index in [1.165, 1.54) is 37.5 Å². The van der Waals surface area contributed by atoms with E-state index in [2.05, 4.69) is 5.32 Å². The Morgan fingerprint density at radius 2 is 2.00 bits per heavy atom. The summed E-state index contributed by atoms with van der Waals surface area (Å²) in [7, 11) is 0. The van der Waals surface area contributed by atoms with E-state index in [4.69, 9.17) is 0 Å². The Labute approximate surface area is 123 Å². The van der Waals surface area contributed by atoms with Gasteiger partial charge < -0.3 is 5.32 Å². The molecular formula is C16H18N2O3. The van der Waals surface area contributed by atoms with Gasteiger partial charge in [0.25, 0.3) is 5.69 Å². The van der Waals surface area contributed by atoms with E-state index in [0.717, 1.165) is 17.9 Å². The first-order chi connectivity index (χ1) is 10.1. The molecule has 0 aliphatic heterocycles. The van der Waals surface area contributed by atoms with Gasteiger partial charge in [0.05, 0.1) is 4.92 Å². The van der Waals surface area contributed by atoms with Gasteiger partial charge >= 0.3 is 0 Å². The Bertz CT molecular complexity index is 580. The summed E-state index contributed by atoms with van der Waals surface area (Å²) in [5.74, 6) is 1.39. The molecular weight excluding hydrogens is 268 g/mol. The van der Waals surface area contributed by atoms with Crippen molar-refractivity contribution in [2.75, 3.05) is 0 Å². The molecule has 21 heavy (non-hydrogen) atoms. The van der Waals surface area contributed by atoms with Crippen LogP contribution in [0.15, 0.2) is 30.3 Å². The van der Waals surface area contributed by atoms with E-state index in [9.17, 15) is 14.9 Å². The SMILES string of the molecule is O=C(/C=C/c1ccc([N+](=O)[O-])cc1)N[C@@H]1C[C@H]2CC[C@@H]1C2. The Kier molecular flexibility index (Phi) is 3.73. The number of nitrogens with zero attached hydrogens (tertiary/aromatic N) is 1. The highest BCUT2D eigenvalue weighted by Crippen LogP contribution is 2.44. The summed E-state index contributed by atoms with van der Waals surface area (Å²) in [6, 6.07) is 6.48. The monoisotopic (exact) mass is 286 g/mol. The number of carbonyl (C=O) groups excluding carboxylic acids is 1. The molecule has 110 valence electrons. The highest BCUT2D eigenvalue weighted by Gasteiger charge is 2.39. The van der Waals surface area contributed by atoms with Gasteiger partial charge in [-0.15, -0.1) is 0 Å². The van der Waals surface area contributed by atoms with Crippen molar-refractivity contribution in [2.24, 2.45) is 11.8 Å². The summed E-state index contributed by atoms with van der Waals surface area (Å²) in [6.07, 6.45) is 8.12. The fraction of sp³-hybridized carbons (Fsp3) is 0.438. The molecule has 2 saturated carbocycles. The van der Waals surface area contributed by atoms with Crippen LogP contribution >= 0.6 is 0 Å². The lowest BCUT2D eigenvalue weighted by atomic mass is 9.95. The fourth-order valence-corrected chi connectivity index (χ4v) is 3.53. The first kappa shape index (κ1) is 13.8. The minimum Gasteiger partial charge on any atom is -0.350 e. The molecule has 1 aromatic carbocycles. The summed E-state index contributed by atoms with van der Waals surface area (Å²) < 4.78 is 0. The van der Waals surface area contributed by atoms with Gasteiger partial charge in [0, 0.05) is 24.3 Å². The number of non-ortho nitro benzene ring substituents is 1. The summed E-state index contributed by atoms with van der Waals surface area (Å²) in [5.41, 5.74) is 0.835. The van der Waals surface area contributed by atoms with Gasteiger partial charge in [-0.2, -0.15) is 0 Å². The van der Waals surface area contributed by atoms with Crippen molar-refractivity contribution >= 4 is 17.7 Å². The summed E-state index contributed by atoms with van der Waals surface area (Å²) in [5, 5.41) is 13.6. The van der Waals surface area contributed by atoms with Crippen LogP contribution in [-0.4, -0.2) is 16.9 Å². The zero-order valence-electron chi connectivity index (χ0n) is 11.7. The molecule has 0 saturated heterocycles. The number of rotatable bonds is 4. The van der Waals surface area contributed by atoms with Gasteiger partial charge in [-0.3, -0.25) is 14.9 Å². The third-order valence-electron chi connectivity index (χ3n) is 4.60. The van der Waals surface area contributed by atoms with E-state index < -0.39 is 4.92 Å². The lowest BCUT2D eigenvalue weighted by molar-refractivity contribution is -0.384. The summed E-state index contributed by atoms with van der Waals surface area (Å²) in [6.45, 7) is 0. The van der Waals surface area contributed by atoms with Crippen LogP contribution in [0.3, 0.4) is 0 Å². The number of benzene rings is 1. The quantitative estimate of drug-likeness (QED) is 0.525. The normalized spacial score (nSPS) is 27.1. The molecule has 2 aliphatic carbocycles.